The molecule has 78 valence electrons. The van der Waals surface area contributed by atoms with E-state index >= 15 is 0 Å². The third-order valence-corrected chi connectivity index (χ3v) is 2.59. The maximum Gasteiger partial charge on any atom is 0.153 e. The molecule has 0 saturated heterocycles. The standard InChI is InChI=1S/C14H11NO/c1-10-6-7-15-12(8-10)14-9-11-4-2-3-5-13(11)16-14/h2-9H,1H3. The Morgan fingerprint density at radius 2 is 1.94 bits per heavy atom. The lowest BCUT2D eigenvalue weighted by Crippen LogP contribution is -1.81. The molecule has 0 fully saturated rings. The van der Waals surface area contributed by atoms with Crippen molar-refractivity contribution in [1.82, 2.24) is 4.98 Å². The minimum atomic E-state index is 0.824. The van der Waals surface area contributed by atoms with E-state index in [0.29, 0.717) is 0 Å². The summed E-state index contributed by atoms with van der Waals surface area (Å²) in [4.78, 5) is 4.31. The second kappa shape index (κ2) is 3.49. The summed E-state index contributed by atoms with van der Waals surface area (Å²) >= 11 is 0. The summed E-state index contributed by atoms with van der Waals surface area (Å²) < 4.78 is 5.75. The van der Waals surface area contributed by atoms with Crippen LogP contribution in [0.3, 0.4) is 0 Å². The van der Waals surface area contributed by atoms with Crippen molar-refractivity contribution in [2.45, 2.75) is 6.92 Å². The summed E-state index contributed by atoms with van der Waals surface area (Å²) in [5.74, 6) is 0.824. The van der Waals surface area contributed by atoms with Crippen LogP contribution in [0.1, 0.15) is 5.56 Å². The van der Waals surface area contributed by atoms with Gasteiger partial charge in [0, 0.05) is 11.6 Å². The van der Waals surface area contributed by atoms with Gasteiger partial charge in [0.25, 0.3) is 0 Å². The first-order valence-corrected chi connectivity index (χ1v) is 5.24. The summed E-state index contributed by atoms with van der Waals surface area (Å²) in [5.41, 5.74) is 2.97. The molecule has 1 aromatic carbocycles. The van der Waals surface area contributed by atoms with Gasteiger partial charge in [-0.05, 0) is 36.8 Å². The summed E-state index contributed by atoms with van der Waals surface area (Å²) in [5, 5.41) is 1.11. The Balaban J connectivity index is 2.19. The van der Waals surface area contributed by atoms with Crippen molar-refractivity contribution in [3.63, 3.8) is 0 Å². The molecule has 2 aromatic heterocycles. The maximum atomic E-state index is 5.75. The molecule has 2 heteroatoms. The van der Waals surface area contributed by atoms with E-state index in [2.05, 4.69) is 4.98 Å². The van der Waals surface area contributed by atoms with Crippen LogP contribution >= 0.6 is 0 Å². The summed E-state index contributed by atoms with van der Waals surface area (Å²) in [6, 6.07) is 14.0. The molecule has 0 amide bonds. The van der Waals surface area contributed by atoms with E-state index < -0.39 is 0 Å². The number of aromatic nitrogens is 1. The van der Waals surface area contributed by atoms with Gasteiger partial charge in [0.2, 0.25) is 0 Å². The molecule has 0 saturated carbocycles. The highest BCUT2D eigenvalue weighted by Gasteiger charge is 2.06. The highest BCUT2D eigenvalue weighted by atomic mass is 16.3. The number of furan rings is 1. The fraction of sp³-hybridized carbons (Fsp3) is 0.0714. The minimum absolute atomic E-state index is 0.824. The topological polar surface area (TPSA) is 26.0 Å². The van der Waals surface area contributed by atoms with E-state index in [4.69, 9.17) is 4.42 Å². The molecule has 0 aliphatic carbocycles. The van der Waals surface area contributed by atoms with Gasteiger partial charge in [-0.1, -0.05) is 18.2 Å². The molecular formula is C14H11NO. The molecule has 2 nitrogen and oxygen atoms in total. The largest absolute Gasteiger partial charge is 0.454 e. The van der Waals surface area contributed by atoms with Crippen LogP contribution in [-0.4, -0.2) is 4.98 Å². The van der Waals surface area contributed by atoms with Crippen molar-refractivity contribution < 1.29 is 4.42 Å². The number of pyridine rings is 1. The fourth-order valence-electron chi connectivity index (χ4n) is 1.78. The van der Waals surface area contributed by atoms with Crippen LogP contribution in [0.25, 0.3) is 22.4 Å². The molecular weight excluding hydrogens is 198 g/mol. The molecule has 2 heterocycles. The lowest BCUT2D eigenvalue weighted by molar-refractivity contribution is 0.628. The SMILES string of the molecule is Cc1ccnc(-c2cc3ccccc3o2)c1. The molecule has 0 aliphatic heterocycles. The molecule has 0 radical (unpaired) electrons. The van der Waals surface area contributed by atoms with Gasteiger partial charge < -0.3 is 4.42 Å². The zero-order valence-electron chi connectivity index (χ0n) is 8.97. The second-order valence-electron chi connectivity index (χ2n) is 3.87. The van der Waals surface area contributed by atoms with Gasteiger partial charge in [0.1, 0.15) is 11.3 Å². The lowest BCUT2D eigenvalue weighted by Gasteiger charge is -1.96. The van der Waals surface area contributed by atoms with Crippen LogP contribution in [0, 0.1) is 6.92 Å². The monoisotopic (exact) mass is 209 g/mol. The molecule has 0 N–H and O–H groups in total. The van der Waals surface area contributed by atoms with Gasteiger partial charge >= 0.3 is 0 Å². The third-order valence-electron chi connectivity index (χ3n) is 2.59. The Morgan fingerprint density at radius 1 is 1.06 bits per heavy atom. The number of aryl methyl sites for hydroxylation is 1. The number of hydrogen-bond acceptors (Lipinski definition) is 2. The number of fused-ring (bicyclic) bond motifs is 1. The molecule has 0 spiro atoms. The van der Waals surface area contributed by atoms with Crippen molar-refractivity contribution in [2.24, 2.45) is 0 Å². The predicted octanol–water partition coefficient (Wildman–Crippen LogP) is 3.80. The molecule has 16 heavy (non-hydrogen) atoms. The first-order valence-electron chi connectivity index (χ1n) is 5.24. The molecule has 0 atom stereocenters. The first-order chi connectivity index (χ1) is 7.83. The van der Waals surface area contributed by atoms with Crippen molar-refractivity contribution >= 4 is 11.0 Å². The number of nitrogens with zero attached hydrogens (tertiary/aromatic N) is 1. The number of hydrogen-bond donors (Lipinski definition) is 0. The summed E-state index contributed by atoms with van der Waals surface area (Å²) in [6.07, 6.45) is 1.80. The van der Waals surface area contributed by atoms with Crippen LogP contribution in [0.2, 0.25) is 0 Å². The van der Waals surface area contributed by atoms with Gasteiger partial charge in [-0.25, -0.2) is 0 Å². The summed E-state index contributed by atoms with van der Waals surface area (Å²) in [6.45, 7) is 2.05. The summed E-state index contributed by atoms with van der Waals surface area (Å²) in [7, 11) is 0. The van der Waals surface area contributed by atoms with E-state index in [1.165, 1.54) is 5.56 Å². The Morgan fingerprint density at radius 3 is 2.75 bits per heavy atom. The van der Waals surface area contributed by atoms with Crippen molar-refractivity contribution in [1.29, 1.82) is 0 Å². The minimum Gasteiger partial charge on any atom is -0.454 e. The third kappa shape index (κ3) is 1.48. The van der Waals surface area contributed by atoms with Gasteiger partial charge in [-0.2, -0.15) is 0 Å². The smallest absolute Gasteiger partial charge is 0.153 e. The van der Waals surface area contributed by atoms with Crippen molar-refractivity contribution in [3.8, 4) is 11.5 Å². The first kappa shape index (κ1) is 9.16. The van der Waals surface area contributed by atoms with E-state index in [-0.39, 0.29) is 0 Å². The van der Waals surface area contributed by atoms with E-state index in [9.17, 15) is 0 Å². The lowest BCUT2D eigenvalue weighted by atomic mass is 10.2. The van der Waals surface area contributed by atoms with Gasteiger partial charge in [0.05, 0.1) is 0 Å². The maximum absolute atomic E-state index is 5.75. The average Bonchev–Trinajstić information content (AvgIpc) is 2.72. The van der Waals surface area contributed by atoms with Crippen LogP contribution in [0.15, 0.2) is 53.1 Å². The highest BCUT2D eigenvalue weighted by Crippen LogP contribution is 2.26. The number of para-hydroxylation sites is 1. The number of rotatable bonds is 1. The van der Waals surface area contributed by atoms with E-state index in [1.807, 2.05) is 49.4 Å². The predicted molar refractivity (Wildman–Crippen MR) is 64.2 cm³/mol. The Kier molecular flexibility index (Phi) is 2.00. The van der Waals surface area contributed by atoms with Crippen LogP contribution in [0.5, 0.6) is 0 Å². The Labute approximate surface area is 93.5 Å². The van der Waals surface area contributed by atoms with E-state index in [0.717, 1.165) is 22.4 Å². The quantitative estimate of drug-likeness (QED) is 0.609. The van der Waals surface area contributed by atoms with Gasteiger partial charge in [-0.3, -0.25) is 4.98 Å². The molecule has 0 bridgehead atoms. The average molecular weight is 209 g/mol. The van der Waals surface area contributed by atoms with Gasteiger partial charge in [-0.15, -0.1) is 0 Å². The van der Waals surface area contributed by atoms with Crippen LogP contribution in [-0.2, 0) is 0 Å². The Bertz CT molecular complexity index is 607. The Hall–Kier alpha value is -2.09. The zero-order chi connectivity index (χ0) is 11.0. The van der Waals surface area contributed by atoms with Gasteiger partial charge in [0.15, 0.2) is 5.76 Å². The fourth-order valence-corrected chi connectivity index (χ4v) is 1.78. The molecule has 0 unspecified atom stereocenters. The molecule has 0 aliphatic rings. The van der Waals surface area contributed by atoms with Crippen LogP contribution in [0.4, 0.5) is 0 Å². The van der Waals surface area contributed by atoms with Crippen molar-refractivity contribution in [2.75, 3.05) is 0 Å². The molecule has 3 aromatic rings. The second-order valence-corrected chi connectivity index (χ2v) is 3.87. The number of benzene rings is 1. The molecule has 3 rings (SSSR count). The van der Waals surface area contributed by atoms with Crippen LogP contribution < -0.4 is 0 Å². The normalized spacial score (nSPS) is 10.8. The van der Waals surface area contributed by atoms with Crippen molar-refractivity contribution in [3.05, 3.63) is 54.2 Å². The highest BCUT2D eigenvalue weighted by molar-refractivity contribution is 5.82. The van der Waals surface area contributed by atoms with E-state index in [1.54, 1.807) is 6.20 Å². The zero-order valence-corrected chi connectivity index (χ0v) is 8.97.